The van der Waals surface area contributed by atoms with Crippen LogP contribution in [0.4, 0.5) is 0 Å². The van der Waals surface area contributed by atoms with E-state index in [1.807, 2.05) is 0 Å². The second-order valence-electron chi connectivity index (χ2n) is 6.38. The summed E-state index contributed by atoms with van der Waals surface area (Å²) in [6.45, 7) is 4.82. The molecule has 3 unspecified atom stereocenters. The molecule has 110 valence electrons. The normalized spacial score (nSPS) is 33.4. The maximum absolute atomic E-state index is 12.5. The van der Waals surface area contributed by atoms with Crippen molar-refractivity contribution in [3.63, 3.8) is 0 Å². The lowest BCUT2D eigenvalue weighted by molar-refractivity contribution is -0.138. The largest absolute Gasteiger partial charge is 0.384 e. The molecule has 1 saturated heterocycles. The highest BCUT2D eigenvalue weighted by molar-refractivity contribution is 5.79. The fraction of sp³-hybridized carbons (Fsp3) is 0.933. The summed E-state index contributed by atoms with van der Waals surface area (Å²) in [5.41, 5.74) is 6.03. The summed E-state index contributed by atoms with van der Waals surface area (Å²) in [7, 11) is 1.75. The first-order valence-corrected chi connectivity index (χ1v) is 7.65. The van der Waals surface area contributed by atoms with Crippen LogP contribution in [0.5, 0.6) is 0 Å². The van der Waals surface area contributed by atoms with Gasteiger partial charge in [-0.1, -0.05) is 6.92 Å². The zero-order chi connectivity index (χ0) is 13.8. The minimum Gasteiger partial charge on any atom is -0.384 e. The maximum atomic E-state index is 12.5. The number of likely N-dealkylation sites (tertiary alicyclic amines) is 1. The summed E-state index contributed by atoms with van der Waals surface area (Å²) in [5.74, 6) is 1.70. The van der Waals surface area contributed by atoms with Gasteiger partial charge in [0.25, 0.3) is 0 Å². The van der Waals surface area contributed by atoms with E-state index in [9.17, 15) is 4.79 Å². The second kappa shape index (κ2) is 6.71. The summed E-state index contributed by atoms with van der Waals surface area (Å²) >= 11 is 0. The monoisotopic (exact) mass is 268 g/mol. The Kier molecular flexibility index (Phi) is 5.22. The van der Waals surface area contributed by atoms with Crippen molar-refractivity contribution in [1.29, 1.82) is 0 Å². The molecule has 2 fully saturated rings. The van der Waals surface area contributed by atoms with Crippen molar-refractivity contribution in [2.24, 2.45) is 23.5 Å². The molecule has 2 N–H and O–H groups in total. The van der Waals surface area contributed by atoms with Crippen LogP contribution in [0.3, 0.4) is 0 Å². The smallest absolute Gasteiger partial charge is 0.225 e. The maximum Gasteiger partial charge on any atom is 0.225 e. The Hall–Kier alpha value is -0.610. The number of amides is 1. The molecule has 3 atom stereocenters. The third-order valence-corrected chi connectivity index (χ3v) is 4.91. The van der Waals surface area contributed by atoms with Crippen LogP contribution < -0.4 is 5.73 Å². The van der Waals surface area contributed by atoms with E-state index in [4.69, 9.17) is 10.5 Å². The molecule has 1 amide bonds. The van der Waals surface area contributed by atoms with Gasteiger partial charge in [-0.15, -0.1) is 0 Å². The summed E-state index contributed by atoms with van der Waals surface area (Å²) in [4.78, 5) is 14.6. The lowest BCUT2D eigenvalue weighted by atomic mass is 9.78. The number of carbonyl (C=O) groups is 1. The number of nitrogens with zero attached hydrogens (tertiary/aromatic N) is 1. The van der Waals surface area contributed by atoms with E-state index in [1.54, 1.807) is 7.11 Å². The van der Waals surface area contributed by atoms with Crippen molar-refractivity contribution in [2.75, 3.05) is 26.8 Å². The van der Waals surface area contributed by atoms with Gasteiger partial charge in [0.1, 0.15) is 0 Å². The summed E-state index contributed by atoms with van der Waals surface area (Å²) < 4.78 is 5.20. The van der Waals surface area contributed by atoms with Crippen LogP contribution in [0.25, 0.3) is 0 Å². The molecule has 1 heterocycles. The van der Waals surface area contributed by atoms with Crippen LogP contribution in [0, 0.1) is 17.8 Å². The molecule has 1 aliphatic carbocycles. The molecule has 4 heteroatoms. The standard InChI is InChI=1S/C15H28N2O2/c1-11-9-13(3-4-14(11)16)15(18)17-7-5-12(6-8-17)10-19-2/h11-14H,3-10,16H2,1-2H3. The average Bonchev–Trinajstić information content (AvgIpc) is 2.42. The third-order valence-electron chi connectivity index (χ3n) is 4.91. The molecule has 1 aliphatic heterocycles. The number of carbonyl (C=O) groups excluding carboxylic acids is 1. The lowest BCUT2D eigenvalue weighted by Crippen LogP contribution is -2.45. The summed E-state index contributed by atoms with van der Waals surface area (Å²) in [6.07, 6.45) is 5.11. The van der Waals surface area contributed by atoms with Gasteiger partial charge in [0.2, 0.25) is 5.91 Å². The lowest BCUT2D eigenvalue weighted by Gasteiger charge is -2.37. The van der Waals surface area contributed by atoms with Gasteiger partial charge in [-0.2, -0.15) is 0 Å². The minimum atomic E-state index is 0.216. The van der Waals surface area contributed by atoms with Crippen LogP contribution in [0.2, 0.25) is 0 Å². The van der Waals surface area contributed by atoms with Crippen molar-refractivity contribution in [1.82, 2.24) is 4.90 Å². The first kappa shape index (κ1) is 14.8. The topological polar surface area (TPSA) is 55.6 Å². The van der Waals surface area contributed by atoms with Crippen molar-refractivity contribution in [2.45, 2.75) is 45.1 Å². The average molecular weight is 268 g/mol. The molecule has 19 heavy (non-hydrogen) atoms. The Morgan fingerprint density at radius 2 is 1.95 bits per heavy atom. The Morgan fingerprint density at radius 1 is 1.26 bits per heavy atom. The highest BCUT2D eigenvalue weighted by Crippen LogP contribution is 2.30. The molecule has 1 saturated carbocycles. The Morgan fingerprint density at radius 3 is 2.53 bits per heavy atom. The van der Waals surface area contributed by atoms with Gasteiger partial charge in [-0.05, 0) is 43.9 Å². The zero-order valence-corrected chi connectivity index (χ0v) is 12.3. The fourth-order valence-corrected chi connectivity index (χ4v) is 3.46. The molecule has 0 radical (unpaired) electrons. The SMILES string of the molecule is COCC1CCN(C(=O)C2CCC(N)C(C)C2)CC1. The van der Waals surface area contributed by atoms with Crippen LogP contribution >= 0.6 is 0 Å². The van der Waals surface area contributed by atoms with E-state index in [2.05, 4.69) is 11.8 Å². The van der Waals surface area contributed by atoms with E-state index < -0.39 is 0 Å². The van der Waals surface area contributed by atoms with E-state index in [0.717, 1.165) is 51.8 Å². The Bertz CT molecular complexity index is 301. The number of piperidine rings is 1. The molecule has 0 spiro atoms. The van der Waals surface area contributed by atoms with Gasteiger partial charge >= 0.3 is 0 Å². The second-order valence-corrected chi connectivity index (χ2v) is 6.38. The summed E-state index contributed by atoms with van der Waals surface area (Å²) in [5, 5.41) is 0. The van der Waals surface area contributed by atoms with Crippen LogP contribution in [-0.2, 0) is 9.53 Å². The highest BCUT2D eigenvalue weighted by atomic mass is 16.5. The number of nitrogens with two attached hydrogens (primary N) is 1. The molecular formula is C15H28N2O2. The number of methoxy groups -OCH3 is 1. The predicted octanol–water partition coefficient (Wildman–Crippen LogP) is 1.63. The summed E-state index contributed by atoms with van der Waals surface area (Å²) in [6, 6.07) is 0.288. The first-order chi connectivity index (χ1) is 9.11. The van der Waals surface area contributed by atoms with E-state index in [-0.39, 0.29) is 12.0 Å². The third kappa shape index (κ3) is 3.69. The van der Waals surface area contributed by atoms with Crippen LogP contribution in [-0.4, -0.2) is 43.7 Å². The van der Waals surface area contributed by atoms with Gasteiger partial charge in [-0.3, -0.25) is 4.79 Å². The number of hydrogen-bond donors (Lipinski definition) is 1. The predicted molar refractivity (Wildman–Crippen MR) is 75.7 cm³/mol. The molecular weight excluding hydrogens is 240 g/mol. The van der Waals surface area contributed by atoms with Gasteiger partial charge in [0.15, 0.2) is 0 Å². The number of hydrogen-bond acceptors (Lipinski definition) is 3. The zero-order valence-electron chi connectivity index (χ0n) is 12.3. The minimum absolute atomic E-state index is 0.216. The van der Waals surface area contributed by atoms with Gasteiger partial charge in [0.05, 0.1) is 0 Å². The number of rotatable bonds is 3. The van der Waals surface area contributed by atoms with Crippen molar-refractivity contribution >= 4 is 5.91 Å². The molecule has 0 aromatic carbocycles. The van der Waals surface area contributed by atoms with E-state index in [0.29, 0.717) is 17.7 Å². The first-order valence-electron chi connectivity index (χ1n) is 7.65. The van der Waals surface area contributed by atoms with Crippen molar-refractivity contribution in [3.8, 4) is 0 Å². The molecule has 0 aromatic heterocycles. The quantitative estimate of drug-likeness (QED) is 0.846. The van der Waals surface area contributed by atoms with E-state index in [1.165, 1.54) is 0 Å². The molecule has 2 rings (SSSR count). The van der Waals surface area contributed by atoms with Crippen molar-refractivity contribution < 1.29 is 9.53 Å². The molecule has 2 aliphatic rings. The van der Waals surface area contributed by atoms with Gasteiger partial charge in [0, 0.05) is 38.8 Å². The van der Waals surface area contributed by atoms with E-state index >= 15 is 0 Å². The number of ether oxygens (including phenoxy) is 1. The Labute approximate surface area is 116 Å². The molecule has 0 bridgehead atoms. The fourth-order valence-electron chi connectivity index (χ4n) is 3.46. The van der Waals surface area contributed by atoms with Gasteiger partial charge in [-0.25, -0.2) is 0 Å². The van der Waals surface area contributed by atoms with Gasteiger partial charge < -0.3 is 15.4 Å². The van der Waals surface area contributed by atoms with Crippen LogP contribution in [0.15, 0.2) is 0 Å². The molecule has 0 aromatic rings. The highest BCUT2D eigenvalue weighted by Gasteiger charge is 2.33. The van der Waals surface area contributed by atoms with Crippen LogP contribution in [0.1, 0.15) is 39.0 Å². The molecule has 4 nitrogen and oxygen atoms in total. The van der Waals surface area contributed by atoms with Crippen molar-refractivity contribution in [3.05, 3.63) is 0 Å². The Balaban J connectivity index is 1.81.